The summed E-state index contributed by atoms with van der Waals surface area (Å²) < 4.78 is 1.73. The Morgan fingerprint density at radius 3 is 2.68 bits per heavy atom. The molecule has 0 unspecified atom stereocenters. The minimum absolute atomic E-state index is 0.103. The molecule has 1 N–H and O–H groups in total. The molecule has 7 nitrogen and oxygen atoms in total. The van der Waals surface area contributed by atoms with Crippen molar-refractivity contribution in [1.29, 1.82) is 0 Å². The number of carbonyl (C=O) groups is 1. The van der Waals surface area contributed by atoms with Gasteiger partial charge in [-0.05, 0) is 36.4 Å². The molecule has 1 aromatic carbocycles. The molecule has 0 bridgehead atoms. The molecular weight excluding hydrogens is 372 g/mol. The monoisotopic (exact) mass is 390 g/mol. The third kappa shape index (κ3) is 4.34. The molecule has 0 aliphatic heterocycles. The standard InChI is InChI=1S/C20H18N6OS/c27-20(15-6-2-1-3-7-15)22-13-11-18-24-23-17-9-10-19(25-26(17)18)28-14-16-8-4-5-12-21-16/h1-10,12H,11,13-14H2,(H,22,27). The average molecular weight is 390 g/mol. The first-order chi connectivity index (χ1) is 13.8. The molecule has 0 saturated heterocycles. The molecule has 4 rings (SSSR count). The van der Waals surface area contributed by atoms with Crippen LogP contribution in [0.1, 0.15) is 21.9 Å². The van der Waals surface area contributed by atoms with Gasteiger partial charge in [-0.15, -0.1) is 10.2 Å². The van der Waals surface area contributed by atoms with Gasteiger partial charge < -0.3 is 5.32 Å². The lowest BCUT2D eigenvalue weighted by Gasteiger charge is -2.05. The predicted octanol–water partition coefficient (Wildman–Crippen LogP) is 2.78. The number of pyridine rings is 1. The van der Waals surface area contributed by atoms with Crippen LogP contribution in [0, 0.1) is 0 Å². The maximum Gasteiger partial charge on any atom is 0.251 e. The van der Waals surface area contributed by atoms with Crippen LogP contribution in [0.15, 0.2) is 71.9 Å². The van der Waals surface area contributed by atoms with Gasteiger partial charge in [0.05, 0.1) is 5.69 Å². The van der Waals surface area contributed by atoms with Gasteiger partial charge in [0.15, 0.2) is 11.5 Å². The first kappa shape index (κ1) is 18.1. The molecule has 1 amide bonds. The number of nitrogens with zero attached hydrogens (tertiary/aromatic N) is 5. The molecule has 0 saturated carbocycles. The van der Waals surface area contributed by atoms with E-state index >= 15 is 0 Å². The SMILES string of the molecule is O=C(NCCc1nnc2ccc(SCc3ccccn3)nn12)c1ccccc1. The fraction of sp³-hybridized carbons (Fsp3) is 0.150. The number of aromatic nitrogens is 5. The number of fused-ring (bicyclic) bond motifs is 1. The van der Waals surface area contributed by atoms with Gasteiger partial charge in [0, 0.05) is 30.5 Å². The molecule has 8 heteroatoms. The average Bonchev–Trinajstić information content (AvgIpc) is 3.16. The fourth-order valence-corrected chi connectivity index (χ4v) is 3.43. The van der Waals surface area contributed by atoms with Gasteiger partial charge in [0.2, 0.25) is 0 Å². The molecule has 4 aromatic rings. The summed E-state index contributed by atoms with van der Waals surface area (Å²) in [5.41, 5.74) is 2.33. The Bertz CT molecular complexity index is 1070. The van der Waals surface area contributed by atoms with Crippen LogP contribution >= 0.6 is 11.8 Å². The number of benzene rings is 1. The first-order valence-corrected chi connectivity index (χ1v) is 9.85. The van der Waals surface area contributed by atoms with E-state index in [-0.39, 0.29) is 5.91 Å². The zero-order valence-electron chi connectivity index (χ0n) is 15.0. The lowest BCUT2D eigenvalue weighted by atomic mass is 10.2. The van der Waals surface area contributed by atoms with Crippen molar-refractivity contribution in [3.05, 3.63) is 83.9 Å². The highest BCUT2D eigenvalue weighted by atomic mass is 32.2. The van der Waals surface area contributed by atoms with Crippen LogP contribution in [0.25, 0.3) is 5.65 Å². The van der Waals surface area contributed by atoms with Gasteiger partial charge in [-0.25, -0.2) is 0 Å². The van der Waals surface area contributed by atoms with Gasteiger partial charge >= 0.3 is 0 Å². The highest BCUT2D eigenvalue weighted by Crippen LogP contribution is 2.20. The van der Waals surface area contributed by atoms with Gasteiger partial charge in [-0.3, -0.25) is 9.78 Å². The highest BCUT2D eigenvalue weighted by molar-refractivity contribution is 7.98. The maximum atomic E-state index is 12.1. The van der Waals surface area contributed by atoms with E-state index < -0.39 is 0 Å². The normalized spacial score (nSPS) is 10.9. The molecule has 0 fully saturated rings. The third-order valence-electron chi connectivity index (χ3n) is 4.07. The molecule has 0 radical (unpaired) electrons. The number of nitrogens with one attached hydrogen (secondary N) is 1. The molecule has 0 aliphatic carbocycles. The van der Waals surface area contributed by atoms with Crippen LogP contribution in [-0.4, -0.2) is 37.2 Å². The summed E-state index contributed by atoms with van der Waals surface area (Å²) in [5.74, 6) is 1.35. The van der Waals surface area contributed by atoms with Crippen LogP contribution in [-0.2, 0) is 12.2 Å². The lowest BCUT2D eigenvalue weighted by molar-refractivity contribution is 0.0954. The quantitative estimate of drug-likeness (QED) is 0.489. The number of hydrogen-bond donors (Lipinski definition) is 1. The lowest BCUT2D eigenvalue weighted by Crippen LogP contribution is -2.26. The van der Waals surface area contributed by atoms with Crippen molar-refractivity contribution >= 4 is 23.3 Å². The molecule has 28 heavy (non-hydrogen) atoms. The minimum atomic E-state index is -0.103. The number of thioether (sulfide) groups is 1. The Kier molecular flexibility index (Phi) is 5.58. The first-order valence-electron chi connectivity index (χ1n) is 8.87. The topological polar surface area (TPSA) is 85.1 Å². The largest absolute Gasteiger partial charge is 0.352 e. The van der Waals surface area contributed by atoms with E-state index in [1.807, 2.05) is 48.5 Å². The molecule has 140 valence electrons. The predicted molar refractivity (Wildman–Crippen MR) is 107 cm³/mol. The Morgan fingerprint density at radius 2 is 1.86 bits per heavy atom. The smallest absolute Gasteiger partial charge is 0.251 e. The van der Waals surface area contributed by atoms with Crippen molar-refractivity contribution in [3.8, 4) is 0 Å². The minimum Gasteiger partial charge on any atom is -0.352 e. The number of amides is 1. The Hall–Kier alpha value is -3.26. The summed E-state index contributed by atoms with van der Waals surface area (Å²) in [6.45, 7) is 0.460. The van der Waals surface area contributed by atoms with Crippen LogP contribution < -0.4 is 5.32 Å². The maximum absolute atomic E-state index is 12.1. The number of carbonyl (C=O) groups excluding carboxylic acids is 1. The second-order valence-corrected chi connectivity index (χ2v) is 7.04. The van der Waals surface area contributed by atoms with Gasteiger partial charge in [-0.1, -0.05) is 36.0 Å². The fourth-order valence-electron chi connectivity index (χ4n) is 2.66. The Balaban J connectivity index is 1.39. The van der Waals surface area contributed by atoms with Crippen molar-refractivity contribution in [2.45, 2.75) is 17.2 Å². The summed E-state index contributed by atoms with van der Waals surface area (Å²) in [5, 5.41) is 16.7. The zero-order valence-corrected chi connectivity index (χ0v) is 15.8. The molecule has 3 heterocycles. The van der Waals surface area contributed by atoms with Gasteiger partial charge in [-0.2, -0.15) is 9.61 Å². The Morgan fingerprint density at radius 1 is 1.00 bits per heavy atom. The Labute approximate surface area is 166 Å². The van der Waals surface area contributed by atoms with E-state index in [9.17, 15) is 4.79 Å². The summed E-state index contributed by atoms with van der Waals surface area (Å²) in [4.78, 5) is 16.5. The summed E-state index contributed by atoms with van der Waals surface area (Å²) in [6.07, 6.45) is 2.33. The van der Waals surface area contributed by atoms with E-state index in [2.05, 4.69) is 25.6 Å². The van der Waals surface area contributed by atoms with E-state index in [1.54, 1.807) is 34.6 Å². The highest BCUT2D eigenvalue weighted by Gasteiger charge is 2.10. The molecule has 0 spiro atoms. The van der Waals surface area contributed by atoms with Crippen molar-refractivity contribution < 1.29 is 4.79 Å². The van der Waals surface area contributed by atoms with Crippen LogP contribution in [0.2, 0.25) is 0 Å². The molecule has 0 aliphatic rings. The van der Waals surface area contributed by atoms with E-state index in [0.717, 1.165) is 16.5 Å². The van der Waals surface area contributed by atoms with Gasteiger partial charge in [0.1, 0.15) is 5.03 Å². The van der Waals surface area contributed by atoms with Crippen LogP contribution in [0.5, 0.6) is 0 Å². The zero-order chi connectivity index (χ0) is 19.2. The van der Waals surface area contributed by atoms with Crippen molar-refractivity contribution in [3.63, 3.8) is 0 Å². The molecule has 0 atom stereocenters. The summed E-state index contributed by atoms with van der Waals surface area (Å²) in [7, 11) is 0. The van der Waals surface area contributed by atoms with Crippen molar-refractivity contribution in [2.75, 3.05) is 6.54 Å². The van der Waals surface area contributed by atoms with E-state index in [0.29, 0.717) is 30.0 Å². The number of hydrogen-bond acceptors (Lipinski definition) is 6. The van der Waals surface area contributed by atoms with Crippen LogP contribution in [0.4, 0.5) is 0 Å². The number of rotatable bonds is 7. The summed E-state index contributed by atoms with van der Waals surface area (Å²) >= 11 is 1.61. The van der Waals surface area contributed by atoms with Crippen LogP contribution in [0.3, 0.4) is 0 Å². The van der Waals surface area contributed by atoms with E-state index in [4.69, 9.17) is 0 Å². The third-order valence-corrected chi connectivity index (χ3v) is 5.02. The molecule has 3 aromatic heterocycles. The van der Waals surface area contributed by atoms with E-state index in [1.165, 1.54) is 0 Å². The second-order valence-electron chi connectivity index (χ2n) is 6.04. The molecular formula is C20H18N6OS. The van der Waals surface area contributed by atoms with Crippen molar-refractivity contribution in [1.82, 2.24) is 30.1 Å². The van der Waals surface area contributed by atoms with Gasteiger partial charge in [0.25, 0.3) is 5.91 Å². The second kappa shape index (κ2) is 8.62. The van der Waals surface area contributed by atoms with Crippen molar-refractivity contribution in [2.24, 2.45) is 0 Å². The summed E-state index contributed by atoms with van der Waals surface area (Å²) in [6, 6.07) is 18.8.